The van der Waals surface area contributed by atoms with Crippen LogP contribution in [0.25, 0.3) is 0 Å². The number of ether oxygens (including phenoxy) is 3. The van der Waals surface area contributed by atoms with E-state index in [-0.39, 0.29) is 23.3 Å². The van der Waals surface area contributed by atoms with Crippen molar-refractivity contribution in [1.82, 2.24) is 9.91 Å². The first-order valence-electron chi connectivity index (χ1n) is 15.3. The fourth-order valence-corrected chi connectivity index (χ4v) is 6.43. The van der Waals surface area contributed by atoms with Crippen LogP contribution < -0.4 is 9.04 Å². The third-order valence-corrected chi connectivity index (χ3v) is 9.06. The van der Waals surface area contributed by atoms with Gasteiger partial charge in [0.25, 0.3) is 10.0 Å². The molecule has 2 aromatic rings. The molecule has 2 amide bonds. The SMILES string of the molecule is CC(C)(C)OC(=O)N(/N=C/N1CCC(COc2cc(N(CC(=O)O)S(=O)(=O)c3ccccc3Cl)cc(C(F)(F)F)c2)CC1)C(=O)OC(C)(C)C. The fraction of sp³-hybridized carbons (Fsp3) is 0.500. The second-order valence-electron chi connectivity index (χ2n) is 13.3. The van der Waals surface area contributed by atoms with Crippen LogP contribution in [0.4, 0.5) is 28.4 Å². The number of hydrogen-bond donors (Lipinski definition) is 1. The van der Waals surface area contributed by atoms with Gasteiger partial charge in [0, 0.05) is 19.2 Å². The summed E-state index contributed by atoms with van der Waals surface area (Å²) in [6, 6.07) is 7.40. The lowest BCUT2D eigenvalue weighted by Crippen LogP contribution is -2.42. The molecule has 1 N–H and O–H groups in total. The summed E-state index contributed by atoms with van der Waals surface area (Å²) in [5.41, 5.74) is -3.66. The van der Waals surface area contributed by atoms with Crippen molar-refractivity contribution in [3.05, 3.63) is 53.1 Å². The number of carbonyl (C=O) groups is 3. The average molecular weight is 749 g/mol. The Balaban J connectivity index is 1.78. The lowest BCUT2D eigenvalue weighted by Gasteiger charge is -2.31. The average Bonchev–Trinajstić information content (AvgIpc) is 2.97. The Kier molecular flexibility index (Phi) is 12.7. The second-order valence-corrected chi connectivity index (χ2v) is 15.6. The van der Waals surface area contributed by atoms with Crippen LogP contribution in [0, 0.1) is 5.92 Å². The van der Waals surface area contributed by atoms with Crippen LogP contribution in [-0.2, 0) is 30.5 Å². The Morgan fingerprint density at radius 3 is 2.04 bits per heavy atom. The fourth-order valence-electron chi connectivity index (χ4n) is 4.54. The summed E-state index contributed by atoms with van der Waals surface area (Å²) >= 11 is 6.05. The van der Waals surface area contributed by atoms with E-state index in [1.807, 2.05) is 0 Å². The molecular weight excluding hydrogens is 709 g/mol. The molecule has 1 aliphatic rings. The van der Waals surface area contributed by atoms with Gasteiger partial charge in [0.15, 0.2) is 0 Å². The number of piperidine rings is 1. The minimum absolute atomic E-state index is 0.0517. The van der Waals surface area contributed by atoms with E-state index in [0.717, 1.165) is 12.1 Å². The summed E-state index contributed by atoms with van der Waals surface area (Å²) < 4.78 is 85.4. The van der Waals surface area contributed by atoms with E-state index in [4.69, 9.17) is 25.8 Å². The van der Waals surface area contributed by atoms with Crippen molar-refractivity contribution in [3.63, 3.8) is 0 Å². The first-order chi connectivity index (χ1) is 23.0. The number of carbonyl (C=O) groups excluding carboxylic acids is 2. The highest BCUT2D eigenvalue weighted by Crippen LogP contribution is 2.38. The lowest BCUT2D eigenvalue weighted by atomic mass is 9.98. The molecule has 1 saturated heterocycles. The highest BCUT2D eigenvalue weighted by molar-refractivity contribution is 7.93. The summed E-state index contributed by atoms with van der Waals surface area (Å²) in [5.74, 6) is -2.10. The van der Waals surface area contributed by atoms with Crippen molar-refractivity contribution in [2.24, 2.45) is 11.0 Å². The van der Waals surface area contributed by atoms with Gasteiger partial charge in [-0.25, -0.2) is 18.0 Å². The van der Waals surface area contributed by atoms with E-state index in [2.05, 4.69) is 5.10 Å². The van der Waals surface area contributed by atoms with Crippen molar-refractivity contribution in [2.45, 2.75) is 76.7 Å². The van der Waals surface area contributed by atoms with Crippen LogP contribution in [0.5, 0.6) is 5.75 Å². The molecule has 0 unspecified atom stereocenters. The number of likely N-dealkylation sites (tertiary alicyclic amines) is 1. The minimum Gasteiger partial charge on any atom is -0.493 e. The number of benzene rings is 2. The number of sulfonamides is 1. The number of anilines is 1. The highest BCUT2D eigenvalue weighted by atomic mass is 35.5. The molecule has 13 nitrogen and oxygen atoms in total. The first-order valence-corrected chi connectivity index (χ1v) is 17.2. The van der Waals surface area contributed by atoms with Gasteiger partial charge in [-0.15, -0.1) is 5.10 Å². The van der Waals surface area contributed by atoms with E-state index < -0.39 is 68.2 Å². The molecule has 18 heteroatoms. The van der Waals surface area contributed by atoms with Crippen LogP contribution in [0.2, 0.25) is 5.02 Å². The zero-order valence-electron chi connectivity index (χ0n) is 28.4. The van der Waals surface area contributed by atoms with Gasteiger partial charge in [-0.2, -0.15) is 13.2 Å². The number of nitrogens with zero attached hydrogens (tertiary/aromatic N) is 4. The number of hydrazone groups is 1. The highest BCUT2D eigenvalue weighted by Gasteiger charge is 2.36. The molecule has 0 aromatic heterocycles. The summed E-state index contributed by atoms with van der Waals surface area (Å²) in [5, 5.41) is 13.7. The Hall–Kier alpha value is -4.25. The number of aliphatic carboxylic acids is 1. The molecule has 0 bridgehead atoms. The van der Waals surface area contributed by atoms with Crippen LogP contribution in [0.15, 0.2) is 52.5 Å². The van der Waals surface area contributed by atoms with Gasteiger partial charge >= 0.3 is 24.3 Å². The Morgan fingerprint density at radius 1 is 0.980 bits per heavy atom. The molecule has 1 fully saturated rings. The molecular formula is C32H40ClF3N4O9S. The topological polar surface area (TPSA) is 155 Å². The smallest absolute Gasteiger partial charge is 0.441 e. The maximum Gasteiger partial charge on any atom is 0.441 e. The molecule has 3 rings (SSSR count). The van der Waals surface area contributed by atoms with Crippen molar-refractivity contribution in [3.8, 4) is 5.75 Å². The number of carboxylic acid groups (broad SMARTS) is 1. The van der Waals surface area contributed by atoms with E-state index in [9.17, 15) is 41.1 Å². The lowest BCUT2D eigenvalue weighted by molar-refractivity contribution is -0.137. The summed E-state index contributed by atoms with van der Waals surface area (Å²) in [6.45, 7) is 9.29. The molecule has 276 valence electrons. The van der Waals surface area contributed by atoms with E-state index in [0.29, 0.717) is 47.4 Å². The maximum atomic E-state index is 13.9. The van der Waals surface area contributed by atoms with Gasteiger partial charge in [0.05, 0.1) is 22.9 Å². The minimum atomic E-state index is -4.92. The summed E-state index contributed by atoms with van der Waals surface area (Å²) in [6.07, 6.45) is -4.75. The van der Waals surface area contributed by atoms with Gasteiger partial charge in [0.2, 0.25) is 0 Å². The van der Waals surface area contributed by atoms with Gasteiger partial charge in [-0.05, 0) is 84.6 Å². The van der Waals surface area contributed by atoms with Crippen molar-refractivity contribution >= 4 is 51.8 Å². The Morgan fingerprint density at radius 2 is 1.54 bits per heavy atom. The normalized spacial score (nSPS) is 14.7. The van der Waals surface area contributed by atoms with Crippen LogP contribution >= 0.6 is 11.6 Å². The van der Waals surface area contributed by atoms with E-state index >= 15 is 0 Å². The first kappa shape index (κ1) is 40.2. The number of amides is 2. The number of carboxylic acids is 1. The standard InChI is InChI=1S/C32H40ClF3N4O9S/c1-30(2,3)48-28(43)40(29(44)49-31(4,5)6)37-20-38-13-11-21(12-14-38)19-47-24-16-22(32(34,35)36)15-23(17-24)39(18-27(41)42)50(45,46)26-10-8-7-9-25(26)33/h7-10,15-17,20-21H,11-14,18-19H2,1-6H3,(H,41,42)/b37-20+. The third kappa shape index (κ3) is 11.7. The van der Waals surface area contributed by atoms with Gasteiger partial charge in [-0.1, -0.05) is 28.7 Å². The van der Waals surface area contributed by atoms with Crippen molar-refractivity contribution in [2.75, 3.05) is 30.5 Å². The molecule has 50 heavy (non-hydrogen) atoms. The summed E-state index contributed by atoms with van der Waals surface area (Å²) in [4.78, 5) is 38.3. The van der Waals surface area contributed by atoms with Crippen LogP contribution in [-0.4, -0.2) is 85.4 Å². The van der Waals surface area contributed by atoms with Crippen molar-refractivity contribution < 1.29 is 55.3 Å². The predicted molar refractivity (Wildman–Crippen MR) is 178 cm³/mol. The van der Waals surface area contributed by atoms with Gasteiger partial charge in [0.1, 0.15) is 34.7 Å². The molecule has 0 radical (unpaired) electrons. The molecule has 0 saturated carbocycles. The maximum absolute atomic E-state index is 13.9. The molecule has 0 atom stereocenters. The summed E-state index contributed by atoms with van der Waals surface area (Å²) in [7, 11) is -4.72. The second kappa shape index (κ2) is 15.7. The molecule has 2 aromatic carbocycles. The van der Waals surface area contributed by atoms with Crippen molar-refractivity contribution in [1.29, 1.82) is 0 Å². The Bertz CT molecular complexity index is 1660. The number of rotatable bonds is 10. The monoisotopic (exact) mass is 748 g/mol. The van der Waals surface area contributed by atoms with E-state index in [1.54, 1.807) is 46.4 Å². The molecule has 1 aliphatic heterocycles. The number of hydrogen-bond acceptors (Lipinski definition) is 9. The largest absolute Gasteiger partial charge is 0.493 e. The van der Waals surface area contributed by atoms with E-state index in [1.165, 1.54) is 24.5 Å². The molecule has 0 spiro atoms. The van der Waals surface area contributed by atoms with Gasteiger partial charge in [-0.3, -0.25) is 9.10 Å². The number of alkyl halides is 3. The third-order valence-electron chi connectivity index (χ3n) is 6.79. The van der Waals surface area contributed by atoms with Gasteiger partial charge < -0.3 is 24.2 Å². The molecule has 0 aliphatic carbocycles. The zero-order chi connectivity index (χ0) is 37.7. The van der Waals surface area contributed by atoms with Crippen LogP contribution in [0.3, 0.4) is 0 Å². The molecule has 1 heterocycles. The predicted octanol–water partition coefficient (Wildman–Crippen LogP) is 6.85. The quantitative estimate of drug-likeness (QED) is 0.155. The van der Waals surface area contributed by atoms with Crippen LogP contribution in [0.1, 0.15) is 59.9 Å². The number of imide groups is 1. The number of halogens is 4. The zero-order valence-corrected chi connectivity index (χ0v) is 29.9. The Labute approximate surface area is 293 Å².